The zero-order valence-electron chi connectivity index (χ0n) is 14.9. The zero-order valence-corrected chi connectivity index (χ0v) is 17.3. The number of halogens is 2. The average molecular weight is 425 g/mol. The van der Waals surface area contributed by atoms with Gasteiger partial charge in [-0.2, -0.15) is 4.99 Å². The second-order valence-corrected chi connectivity index (χ2v) is 9.48. The Hall–Kier alpha value is -1.27. The first-order valence-electron chi connectivity index (χ1n) is 8.41. The molecule has 1 aliphatic rings. The molecule has 0 N–H and O–H groups in total. The van der Waals surface area contributed by atoms with Gasteiger partial charge < -0.3 is 4.57 Å². The van der Waals surface area contributed by atoms with Gasteiger partial charge in [-0.05, 0) is 65.2 Å². The predicted molar refractivity (Wildman–Crippen MR) is 102 cm³/mol. The summed E-state index contributed by atoms with van der Waals surface area (Å²) in [5, 5.41) is 0. The SMILES string of the molecule is Cc1c(C(C)(C)C)sc(=NC(=O)c2cc(F)ccc2Br)n1CC1CC1. The van der Waals surface area contributed by atoms with Gasteiger partial charge in [0, 0.05) is 21.6 Å². The quantitative estimate of drug-likeness (QED) is 0.665. The molecule has 6 heteroatoms. The van der Waals surface area contributed by atoms with E-state index >= 15 is 0 Å². The second kappa shape index (κ2) is 6.80. The highest BCUT2D eigenvalue weighted by Gasteiger charge is 2.27. The fourth-order valence-electron chi connectivity index (χ4n) is 2.85. The van der Waals surface area contributed by atoms with Gasteiger partial charge in [-0.3, -0.25) is 4.79 Å². The van der Waals surface area contributed by atoms with E-state index in [0.29, 0.717) is 15.2 Å². The highest BCUT2D eigenvalue weighted by molar-refractivity contribution is 9.10. The third-order valence-corrected chi connectivity index (χ3v) is 6.63. The smallest absolute Gasteiger partial charge is 0.280 e. The van der Waals surface area contributed by atoms with Crippen LogP contribution in [0.2, 0.25) is 0 Å². The summed E-state index contributed by atoms with van der Waals surface area (Å²) in [6.07, 6.45) is 2.46. The minimum absolute atomic E-state index is 0.00366. The first-order valence-corrected chi connectivity index (χ1v) is 10.0. The van der Waals surface area contributed by atoms with Crippen molar-refractivity contribution in [2.45, 2.75) is 52.5 Å². The minimum Gasteiger partial charge on any atom is -0.320 e. The number of thiazole rings is 1. The first-order chi connectivity index (χ1) is 11.7. The van der Waals surface area contributed by atoms with Crippen LogP contribution in [0.25, 0.3) is 0 Å². The fourth-order valence-corrected chi connectivity index (χ4v) is 4.46. The summed E-state index contributed by atoms with van der Waals surface area (Å²) < 4.78 is 16.2. The van der Waals surface area contributed by atoms with Crippen molar-refractivity contribution in [3.05, 3.63) is 49.4 Å². The van der Waals surface area contributed by atoms with Crippen molar-refractivity contribution < 1.29 is 9.18 Å². The summed E-state index contributed by atoms with van der Waals surface area (Å²) in [7, 11) is 0. The molecule has 1 aromatic heterocycles. The van der Waals surface area contributed by atoms with Crippen molar-refractivity contribution >= 4 is 33.2 Å². The average Bonchev–Trinajstić information content (AvgIpc) is 3.28. The molecule has 0 unspecified atom stereocenters. The van der Waals surface area contributed by atoms with Gasteiger partial charge in [0.05, 0.1) is 5.56 Å². The molecule has 1 saturated carbocycles. The Bertz CT molecular complexity index is 888. The number of benzene rings is 1. The monoisotopic (exact) mass is 424 g/mol. The second-order valence-electron chi connectivity index (χ2n) is 7.64. The van der Waals surface area contributed by atoms with Gasteiger partial charge in [-0.1, -0.05) is 20.8 Å². The van der Waals surface area contributed by atoms with E-state index in [4.69, 9.17) is 0 Å². The number of nitrogens with zero attached hydrogens (tertiary/aromatic N) is 2. The molecular weight excluding hydrogens is 403 g/mol. The topological polar surface area (TPSA) is 34.4 Å². The highest BCUT2D eigenvalue weighted by Crippen LogP contribution is 2.33. The van der Waals surface area contributed by atoms with Crippen molar-refractivity contribution in [3.8, 4) is 0 Å². The molecule has 0 atom stereocenters. The van der Waals surface area contributed by atoms with E-state index in [1.807, 2.05) is 0 Å². The zero-order chi connectivity index (χ0) is 18.4. The summed E-state index contributed by atoms with van der Waals surface area (Å²) in [5.41, 5.74) is 1.42. The Kier molecular flexibility index (Phi) is 5.04. The fraction of sp³-hybridized carbons (Fsp3) is 0.474. The number of rotatable bonds is 3. The van der Waals surface area contributed by atoms with Gasteiger partial charge in [-0.15, -0.1) is 11.3 Å². The lowest BCUT2D eigenvalue weighted by atomic mass is 9.93. The lowest BCUT2D eigenvalue weighted by Crippen LogP contribution is -2.20. The van der Waals surface area contributed by atoms with Crippen LogP contribution in [0.4, 0.5) is 4.39 Å². The Morgan fingerprint density at radius 3 is 2.68 bits per heavy atom. The molecule has 0 saturated heterocycles. The summed E-state index contributed by atoms with van der Waals surface area (Å²) >= 11 is 4.88. The molecule has 1 fully saturated rings. The van der Waals surface area contributed by atoms with Gasteiger partial charge in [-0.25, -0.2) is 4.39 Å². The number of amides is 1. The molecule has 25 heavy (non-hydrogen) atoms. The molecule has 0 radical (unpaired) electrons. The molecule has 1 aromatic carbocycles. The maximum atomic E-state index is 13.5. The molecule has 2 aromatic rings. The molecular formula is C19H22BrFN2OS. The summed E-state index contributed by atoms with van der Waals surface area (Å²) in [6, 6.07) is 4.09. The van der Waals surface area contributed by atoms with Crippen LogP contribution in [0.1, 0.15) is 54.5 Å². The number of hydrogen-bond donors (Lipinski definition) is 0. The van der Waals surface area contributed by atoms with Crippen LogP contribution >= 0.6 is 27.3 Å². The third-order valence-electron chi connectivity index (χ3n) is 4.33. The van der Waals surface area contributed by atoms with Crippen LogP contribution in [-0.4, -0.2) is 10.5 Å². The Morgan fingerprint density at radius 2 is 2.08 bits per heavy atom. The molecule has 1 amide bonds. The van der Waals surface area contributed by atoms with E-state index in [0.717, 1.165) is 6.54 Å². The summed E-state index contributed by atoms with van der Waals surface area (Å²) in [6.45, 7) is 9.50. The summed E-state index contributed by atoms with van der Waals surface area (Å²) in [4.78, 5) is 18.9. The molecule has 0 spiro atoms. The largest absolute Gasteiger partial charge is 0.320 e. The van der Waals surface area contributed by atoms with Gasteiger partial charge in [0.15, 0.2) is 4.80 Å². The minimum atomic E-state index is -0.439. The maximum Gasteiger partial charge on any atom is 0.280 e. The number of aromatic nitrogens is 1. The Balaban J connectivity index is 2.09. The van der Waals surface area contributed by atoms with Crippen molar-refractivity contribution in [1.82, 2.24) is 4.57 Å². The van der Waals surface area contributed by atoms with E-state index in [9.17, 15) is 9.18 Å². The van der Waals surface area contributed by atoms with Gasteiger partial charge in [0.25, 0.3) is 5.91 Å². The number of carbonyl (C=O) groups excluding carboxylic acids is 1. The Labute approximate surface area is 159 Å². The van der Waals surface area contributed by atoms with Crippen molar-refractivity contribution in [3.63, 3.8) is 0 Å². The van der Waals surface area contributed by atoms with Crippen LogP contribution in [0.5, 0.6) is 0 Å². The van der Waals surface area contributed by atoms with E-state index < -0.39 is 11.7 Å². The van der Waals surface area contributed by atoms with Gasteiger partial charge in [0.2, 0.25) is 0 Å². The lowest BCUT2D eigenvalue weighted by molar-refractivity contribution is 0.0996. The number of carbonyl (C=O) groups is 1. The van der Waals surface area contributed by atoms with Crippen molar-refractivity contribution in [2.75, 3.05) is 0 Å². The molecule has 1 aliphatic carbocycles. The van der Waals surface area contributed by atoms with Crippen LogP contribution in [0.15, 0.2) is 27.7 Å². The van der Waals surface area contributed by atoms with Crippen LogP contribution < -0.4 is 4.80 Å². The highest BCUT2D eigenvalue weighted by atomic mass is 79.9. The molecule has 3 nitrogen and oxygen atoms in total. The van der Waals surface area contributed by atoms with Crippen LogP contribution in [-0.2, 0) is 12.0 Å². The molecule has 134 valence electrons. The van der Waals surface area contributed by atoms with E-state index in [1.165, 1.54) is 41.6 Å². The maximum absolute atomic E-state index is 13.5. The normalized spacial score (nSPS) is 15.7. The molecule has 3 rings (SSSR count). The summed E-state index contributed by atoms with van der Waals surface area (Å²) in [5.74, 6) is -0.181. The molecule has 1 heterocycles. The van der Waals surface area contributed by atoms with Gasteiger partial charge in [0.1, 0.15) is 5.82 Å². The first kappa shape index (κ1) is 18.5. The van der Waals surface area contributed by atoms with E-state index in [2.05, 4.69) is 53.2 Å². The van der Waals surface area contributed by atoms with E-state index in [1.54, 1.807) is 11.3 Å². The van der Waals surface area contributed by atoms with Crippen LogP contribution in [0.3, 0.4) is 0 Å². The molecule has 0 aliphatic heterocycles. The lowest BCUT2D eigenvalue weighted by Gasteiger charge is -2.17. The van der Waals surface area contributed by atoms with Crippen molar-refractivity contribution in [1.29, 1.82) is 0 Å². The van der Waals surface area contributed by atoms with Crippen LogP contribution in [0, 0.1) is 18.7 Å². The molecule has 0 bridgehead atoms. The Morgan fingerprint density at radius 1 is 1.40 bits per heavy atom. The predicted octanol–water partition coefficient (Wildman–Crippen LogP) is 5.21. The number of hydrogen-bond acceptors (Lipinski definition) is 2. The standard InChI is InChI=1S/C19H22BrFN2OS/c1-11-16(19(2,3)4)25-18(23(11)10-12-5-6-12)22-17(24)14-9-13(21)7-8-15(14)20/h7-9,12H,5-6,10H2,1-4H3. The van der Waals surface area contributed by atoms with Gasteiger partial charge >= 0.3 is 0 Å². The van der Waals surface area contributed by atoms with Crippen molar-refractivity contribution in [2.24, 2.45) is 10.9 Å². The van der Waals surface area contributed by atoms with E-state index in [-0.39, 0.29) is 11.0 Å². The third kappa shape index (κ3) is 4.11.